The van der Waals surface area contributed by atoms with E-state index in [1.807, 2.05) is 0 Å². The van der Waals surface area contributed by atoms with Crippen molar-refractivity contribution in [2.24, 2.45) is 5.73 Å². The van der Waals surface area contributed by atoms with Crippen molar-refractivity contribution in [3.8, 4) is 11.8 Å². The minimum absolute atomic E-state index is 0.138. The first-order chi connectivity index (χ1) is 7.39. The zero-order chi connectivity index (χ0) is 12.2. The molecule has 1 rings (SSSR count). The molecule has 1 heterocycles. The number of hydrogen-bond donors (Lipinski definition) is 1. The van der Waals surface area contributed by atoms with Crippen LogP contribution in [0.4, 0.5) is 13.2 Å². The van der Waals surface area contributed by atoms with Crippen LogP contribution in [-0.2, 0) is 11.0 Å². The molecule has 0 radical (unpaired) electrons. The van der Waals surface area contributed by atoms with Crippen molar-refractivity contribution < 1.29 is 18.0 Å². The molecule has 0 aliphatic rings. The summed E-state index contributed by atoms with van der Waals surface area (Å²) < 4.78 is 36.4. The summed E-state index contributed by atoms with van der Waals surface area (Å²) in [5.41, 5.74) is 4.15. The first kappa shape index (κ1) is 12.0. The Balaban J connectivity index is 2.78. The van der Waals surface area contributed by atoms with E-state index in [9.17, 15) is 18.0 Å². The standard InChI is InChI=1S/C10H7F3N2O/c11-10(12,13)8-5-4-7(6-15-8)2-1-3-9(14)16/h4-6H,3H2,(H2,14,16). The van der Waals surface area contributed by atoms with Crippen molar-refractivity contribution >= 4 is 5.91 Å². The molecule has 84 valence electrons. The SMILES string of the molecule is NC(=O)CC#Cc1ccc(C(F)(F)F)nc1. The van der Waals surface area contributed by atoms with E-state index in [2.05, 4.69) is 16.8 Å². The molecular formula is C10H7F3N2O. The molecule has 16 heavy (non-hydrogen) atoms. The van der Waals surface area contributed by atoms with Crippen molar-refractivity contribution in [2.45, 2.75) is 12.6 Å². The molecule has 1 amide bonds. The van der Waals surface area contributed by atoms with Crippen LogP contribution in [0, 0.1) is 11.8 Å². The lowest BCUT2D eigenvalue weighted by Crippen LogP contribution is -2.08. The van der Waals surface area contributed by atoms with Gasteiger partial charge in [-0.3, -0.25) is 9.78 Å². The minimum atomic E-state index is -4.46. The number of amides is 1. The lowest BCUT2D eigenvalue weighted by Gasteiger charge is -2.03. The monoisotopic (exact) mass is 228 g/mol. The van der Waals surface area contributed by atoms with Gasteiger partial charge in [0.15, 0.2) is 0 Å². The highest BCUT2D eigenvalue weighted by atomic mass is 19.4. The fourth-order valence-corrected chi connectivity index (χ4v) is 0.869. The van der Waals surface area contributed by atoms with Gasteiger partial charge in [0, 0.05) is 11.8 Å². The molecule has 0 saturated carbocycles. The number of aromatic nitrogens is 1. The molecule has 1 aromatic heterocycles. The van der Waals surface area contributed by atoms with Gasteiger partial charge in [-0.05, 0) is 12.1 Å². The zero-order valence-corrected chi connectivity index (χ0v) is 8.01. The maximum Gasteiger partial charge on any atom is 0.433 e. The summed E-state index contributed by atoms with van der Waals surface area (Å²) in [6, 6.07) is 2.01. The Labute approximate surface area is 89.5 Å². The average molecular weight is 228 g/mol. The fourth-order valence-electron chi connectivity index (χ4n) is 0.869. The van der Waals surface area contributed by atoms with E-state index in [0.717, 1.165) is 12.3 Å². The molecule has 0 saturated heterocycles. The highest BCUT2D eigenvalue weighted by Gasteiger charge is 2.31. The third kappa shape index (κ3) is 3.61. The number of nitrogens with two attached hydrogens (primary N) is 1. The van der Waals surface area contributed by atoms with Crippen molar-refractivity contribution in [1.29, 1.82) is 0 Å². The Kier molecular flexibility index (Phi) is 3.51. The quantitative estimate of drug-likeness (QED) is 0.737. The average Bonchev–Trinajstić information content (AvgIpc) is 2.16. The second kappa shape index (κ2) is 4.66. The summed E-state index contributed by atoms with van der Waals surface area (Å²) in [6.45, 7) is 0. The highest BCUT2D eigenvalue weighted by molar-refractivity contribution is 5.76. The summed E-state index contributed by atoms with van der Waals surface area (Å²) in [5.74, 6) is 4.30. The van der Waals surface area contributed by atoms with Gasteiger partial charge >= 0.3 is 6.18 Å². The second-order valence-electron chi connectivity index (χ2n) is 2.87. The Morgan fingerprint density at radius 3 is 2.56 bits per heavy atom. The van der Waals surface area contributed by atoms with Crippen LogP contribution in [0.15, 0.2) is 18.3 Å². The van der Waals surface area contributed by atoms with Gasteiger partial charge in [-0.15, -0.1) is 0 Å². The smallest absolute Gasteiger partial charge is 0.369 e. The van der Waals surface area contributed by atoms with E-state index in [1.54, 1.807) is 0 Å². The van der Waals surface area contributed by atoms with Crippen LogP contribution in [-0.4, -0.2) is 10.9 Å². The largest absolute Gasteiger partial charge is 0.433 e. The fraction of sp³-hybridized carbons (Fsp3) is 0.200. The van der Waals surface area contributed by atoms with Crippen LogP contribution in [0.2, 0.25) is 0 Å². The molecule has 0 atom stereocenters. The Morgan fingerprint density at radius 1 is 1.44 bits per heavy atom. The molecule has 1 aromatic rings. The number of nitrogens with zero attached hydrogens (tertiary/aromatic N) is 1. The Hall–Kier alpha value is -2.03. The van der Waals surface area contributed by atoms with Gasteiger partial charge < -0.3 is 5.73 Å². The van der Waals surface area contributed by atoms with E-state index in [-0.39, 0.29) is 6.42 Å². The molecule has 0 fully saturated rings. The molecule has 3 nitrogen and oxygen atoms in total. The van der Waals surface area contributed by atoms with E-state index >= 15 is 0 Å². The highest BCUT2D eigenvalue weighted by Crippen LogP contribution is 2.26. The number of hydrogen-bond acceptors (Lipinski definition) is 2. The van der Waals surface area contributed by atoms with E-state index < -0.39 is 17.8 Å². The summed E-state index contributed by atoms with van der Waals surface area (Å²) in [4.78, 5) is 13.5. The van der Waals surface area contributed by atoms with E-state index in [1.165, 1.54) is 6.07 Å². The molecule has 6 heteroatoms. The minimum Gasteiger partial charge on any atom is -0.369 e. The van der Waals surface area contributed by atoms with Gasteiger partial charge in [0.1, 0.15) is 5.69 Å². The van der Waals surface area contributed by atoms with Gasteiger partial charge in [0.25, 0.3) is 0 Å². The van der Waals surface area contributed by atoms with Crippen LogP contribution in [0.3, 0.4) is 0 Å². The van der Waals surface area contributed by atoms with Crippen LogP contribution < -0.4 is 5.73 Å². The maximum atomic E-state index is 12.1. The first-order valence-corrected chi connectivity index (χ1v) is 4.20. The topological polar surface area (TPSA) is 56.0 Å². The van der Waals surface area contributed by atoms with Gasteiger partial charge in [0.05, 0.1) is 6.42 Å². The molecule has 0 spiro atoms. The zero-order valence-electron chi connectivity index (χ0n) is 8.01. The third-order valence-electron chi connectivity index (χ3n) is 1.55. The van der Waals surface area contributed by atoms with Crippen LogP contribution in [0.1, 0.15) is 17.7 Å². The molecule has 2 N–H and O–H groups in total. The van der Waals surface area contributed by atoms with Gasteiger partial charge in [-0.2, -0.15) is 13.2 Å². The Bertz CT molecular complexity index is 440. The lowest BCUT2D eigenvalue weighted by molar-refractivity contribution is -0.141. The summed E-state index contributed by atoms with van der Waals surface area (Å²) >= 11 is 0. The van der Waals surface area contributed by atoms with E-state index in [0.29, 0.717) is 5.56 Å². The normalized spacial score (nSPS) is 10.4. The Morgan fingerprint density at radius 2 is 2.12 bits per heavy atom. The molecule has 0 aliphatic carbocycles. The van der Waals surface area contributed by atoms with Crippen LogP contribution >= 0.6 is 0 Å². The predicted octanol–water partition coefficient (Wildman–Crippen LogP) is 1.33. The first-order valence-electron chi connectivity index (χ1n) is 4.20. The number of pyridine rings is 1. The second-order valence-corrected chi connectivity index (χ2v) is 2.87. The predicted molar refractivity (Wildman–Crippen MR) is 49.9 cm³/mol. The molecule has 0 aromatic carbocycles. The molecular weight excluding hydrogens is 221 g/mol. The number of alkyl halides is 3. The number of primary amides is 1. The molecule has 0 unspecified atom stereocenters. The number of rotatable bonds is 1. The number of carbonyl (C=O) groups excluding carboxylic acids is 1. The van der Waals surface area contributed by atoms with Gasteiger partial charge in [0.2, 0.25) is 5.91 Å². The molecule has 0 bridgehead atoms. The van der Waals surface area contributed by atoms with Crippen molar-refractivity contribution in [1.82, 2.24) is 4.98 Å². The third-order valence-corrected chi connectivity index (χ3v) is 1.55. The summed E-state index contributed by atoms with van der Waals surface area (Å²) in [6.07, 6.45) is -3.60. The summed E-state index contributed by atoms with van der Waals surface area (Å²) in [5, 5.41) is 0. The van der Waals surface area contributed by atoms with Crippen molar-refractivity contribution in [3.63, 3.8) is 0 Å². The van der Waals surface area contributed by atoms with Crippen molar-refractivity contribution in [3.05, 3.63) is 29.6 Å². The number of halogens is 3. The maximum absolute atomic E-state index is 12.1. The van der Waals surface area contributed by atoms with Crippen LogP contribution in [0.25, 0.3) is 0 Å². The summed E-state index contributed by atoms with van der Waals surface area (Å²) in [7, 11) is 0. The van der Waals surface area contributed by atoms with Gasteiger partial charge in [-0.25, -0.2) is 0 Å². The van der Waals surface area contributed by atoms with Crippen LogP contribution in [0.5, 0.6) is 0 Å². The molecule has 0 aliphatic heterocycles. The number of carbonyl (C=O) groups is 1. The van der Waals surface area contributed by atoms with Gasteiger partial charge in [-0.1, -0.05) is 11.8 Å². The van der Waals surface area contributed by atoms with Crippen molar-refractivity contribution in [2.75, 3.05) is 0 Å². The van der Waals surface area contributed by atoms with E-state index in [4.69, 9.17) is 5.73 Å². The lowest BCUT2D eigenvalue weighted by atomic mass is 10.2.